The van der Waals surface area contributed by atoms with Gasteiger partial charge in [-0.1, -0.05) is 209 Å². The molecule has 3 aliphatic rings. The number of anilines is 3. The van der Waals surface area contributed by atoms with E-state index >= 15 is 0 Å². The summed E-state index contributed by atoms with van der Waals surface area (Å²) in [4.78, 5) is 2.50. The number of fused-ring (bicyclic) bond motifs is 13. The highest BCUT2D eigenvalue weighted by Crippen LogP contribution is 2.59. The summed E-state index contributed by atoms with van der Waals surface area (Å²) in [6.45, 7) is 23.5. The van der Waals surface area contributed by atoms with Crippen LogP contribution in [0.3, 0.4) is 0 Å². The van der Waals surface area contributed by atoms with Crippen molar-refractivity contribution >= 4 is 39.0 Å². The first kappa shape index (κ1) is 43.6. The molecule has 0 N–H and O–H groups in total. The van der Waals surface area contributed by atoms with E-state index in [0.717, 1.165) is 28.2 Å². The minimum absolute atomic E-state index is 0.0206. The number of hydrogen-bond acceptors (Lipinski definition) is 2. The maximum Gasteiger partial charge on any atom is 0.139 e. The fourth-order valence-corrected chi connectivity index (χ4v) is 13.2. The molecule has 3 aliphatic carbocycles. The molecule has 0 saturated carbocycles. The summed E-state index contributed by atoms with van der Waals surface area (Å²) in [5.41, 5.74) is 25.3. The molecule has 0 fully saturated rings. The van der Waals surface area contributed by atoms with E-state index < -0.39 is 5.41 Å². The van der Waals surface area contributed by atoms with Crippen LogP contribution in [0.15, 0.2) is 192 Å². The van der Waals surface area contributed by atoms with Crippen LogP contribution in [-0.2, 0) is 27.1 Å². The quantitative estimate of drug-likeness (QED) is 0.171. The van der Waals surface area contributed by atoms with Crippen molar-refractivity contribution < 1.29 is 4.42 Å². The third kappa shape index (κ3) is 6.07. The van der Waals surface area contributed by atoms with Gasteiger partial charge >= 0.3 is 0 Å². The zero-order valence-corrected chi connectivity index (χ0v) is 42.8. The smallest absolute Gasteiger partial charge is 0.139 e. The Balaban J connectivity index is 1.02. The van der Waals surface area contributed by atoms with Crippen LogP contribution in [0, 0.1) is 0 Å². The standard InChI is InChI=1S/C69H61NO/c1-65(2,3)44-38-53-63-61(71-64(53)60(39-44)66(4,5)6)37-36-57-62(63)52-35-33-47(41-59(52)68(57,9)10)70(46-32-34-51-48-22-14-17-25-54(48)67(7,8)58(51)40-46)45-30-28-43(29-31-45)69(42-20-12-11-13-21-42)55-26-18-15-23-49(55)50-24-16-19-27-56(50)69/h11-41H,1-10H3. The molecule has 2 nitrogen and oxygen atoms in total. The monoisotopic (exact) mass is 919 g/mol. The molecular weight excluding hydrogens is 859 g/mol. The van der Waals surface area contributed by atoms with Gasteiger partial charge in [-0.2, -0.15) is 0 Å². The zero-order chi connectivity index (χ0) is 49.0. The van der Waals surface area contributed by atoms with Crippen LogP contribution in [0.4, 0.5) is 17.1 Å². The number of hydrogen-bond donors (Lipinski definition) is 0. The zero-order valence-electron chi connectivity index (χ0n) is 42.8. The second-order valence-electron chi connectivity index (χ2n) is 23.7. The van der Waals surface area contributed by atoms with Gasteiger partial charge in [-0.05, 0) is 143 Å². The van der Waals surface area contributed by atoms with Crippen molar-refractivity contribution in [2.75, 3.05) is 4.90 Å². The van der Waals surface area contributed by atoms with Crippen molar-refractivity contribution in [1.29, 1.82) is 0 Å². The van der Waals surface area contributed by atoms with E-state index in [2.05, 4.69) is 262 Å². The normalized spacial score (nSPS) is 15.5. The summed E-state index contributed by atoms with van der Waals surface area (Å²) in [6, 6.07) is 71.4. The van der Waals surface area contributed by atoms with Gasteiger partial charge in [0, 0.05) is 44.2 Å². The van der Waals surface area contributed by atoms with Crippen molar-refractivity contribution in [3.8, 4) is 33.4 Å². The molecule has 0 spiro atoms. The number of furan rings is 1. The fraction of sp³-hybridized carbons (Fsp3) is 0.217. The van der Waals surface area contributed by atoms with Crippen LogP contribution < -0.4 is 4.90 Å². The third-order valence-electron chi connectivity index (χ3n) is 16.8. The molecule has 0 unspecified atom stereocenters. The van der Waals surface area contributed by atoms with Crippen molar-refractivity contribution in [2.24, 2.45) is 0 Å². The summed E-state index contributed by atoms with van der Waals surface area (Å²) < 4.78 is 6.95. The molecule has 13 rings (SSSR count). The Morgan fingerprint density at radius 1 is 0.394 bits per heavy atom. The predicted octanol–water partition coefficient (Wildman–Crippen LogP) is 18.6. The number of nitrogens with zero attached hydrogens (tertiary/aromatic N) is 1. The Morgan fingerprint density at radius 2 is 0.887 bits per heavy atom. The average molecular weight is 920 g/mol. The van der Waals surface area contributed by atoms with Gasteiger partial charge in [0.1, 0.15) is 11.2 Å². The molecule has 348 valence electrons. The Morgan fingerprint density at radius 3 is 1.49 bits per heavy atom. The molecule has 0 saturated heterocycles. The Labute approximate surface area is 419 Å². The molecule has 2 heteroatoms. The van der Waals surface area contributed by atoms with Gasteiger partial charge in [-0.25, -0.2) is 0 Å². The van der Waals surface area contributed by atoms with Gasteiger partial charge in [0.05, 0.1) is 5.41 Å². The molecule has 0 aliphatic heterocycles. The molecule has 0 bridgehead atoms. The van der Waals surface area contributed by atoms with Crippen molar-refractivity contribution in [3.63, 3.8) is 0 Å². The minimum atomic E-state index is -0.478. The lowest BCUT2D eigenvalue weighted by Crippen LogP contribution is -2.28. The topological polar surface area (TPSA) is 16.4 Å². The highest BCUT2D eigenvalue weighted by atomic mass is 16.3. The van der Waals surface area contributed by atoms with E-state index in [-0.39, 0.29) is 21.7 Å². The number of benzene rings is 9. The maximum absolute atomic E-state index is 6.95. The second-order valence-corrected chi connectivity index (χ2v) is 23.7. The molecule has 10 aromatic rings. The van der Waals surface area contributed by atoms with Gasteiger partial charge in [0.15, 0.2) is 0 Å². The van der Waals surface area contributed by atoms with Crippen LogP contribution in [0.25, 0.3) is 55.3 Å². The van der Waals surface area contributed by atoms with Crippen LogP contribution in [-0.4, -0.2) is 0 Å². The van der Waals surface area contributed by atoms with Gasteiger partial charge in [0.25, 0.3) is 0 Å². The van der Waals surface area contributed by atoms with E-state index in [4.69, 9.17) is 4.42 Å². The lowest BCUT2D eigenvalue weighted by molar-refractivity contribution is 0.559. The summed E-state index contributed by atoms with van der Waals surface area (Å²) in [7, 11) is 0. The van der Waals surface area contributed by atoms with E-state index in [0.29, 0.717) is 0 Å². The summed E-state index contributed by atoms with van der Waals surface area (Å²) in [5, 5.41) is 2.44. The largest absolute Gasteiger partial charge is 0.456 e. The predicted molar refractivity (Wildman–Crippen MR) is 298 cm³/mol. The van der Waals surface area contributed by atoms with Crippen molar-refractivity contribution in [3.05, 3.63) is 244 Å². The third-order valence-corrected chi connectivity index (χ3v) is 16.8. The van der Waals surface area contributed by atoms with E-state index in [1.54, 1.807) is 0 Å². The molecule has 0 atom stereocenters. The molecule has 0 radical (unpaired) electrons. The number of rotatable bonds is 5. The molecule has 9 aromatic carbocycles. The average Bonchev–Trinajstić information content (AvgIpc) is 4.03. The molecule has 71 heavy (non-hydrogen) atoms. The highest BCUT2D eigenvalue weighted by molar-refractivity contribution is 6.16. The summed E-state index contributed by atoms with van der Waals surface area (Å²) >= 11 is 0. The van der Waals surface area contributed by atoms with Gasteiger partial charge in [-0.3, -0.25) is 0 Å². The second kappa shape index (κ2) is 14.8. The molecule has 1 heterocycles. The van der Waals surface area contributed by atoms with Crippen LogP contribution >= 0.6 is 0 Å². The van der Waals surface area contributed by atoms with E-state index in [1.165, 1.54) is 99.8 Å². The first-order valence-electron chi connectivity index (χ1n) is 25.6. The lowest BCUT2D eigenvalue weighted by Gasteiger charge is -2.34. The van der Waals surface area contributed by atoms with Crippen molar-refractivity contribution in [1.82, 2.24) is 0 Å². The summed E-state index contributed by atoms with van der Waals surface area (Å²) in [5.74, 6) is 0. The van der Waals surface area contributed by atoms with Crippen LogP contribution in [0.2, 0.25) is 0 Å². The van der Waals surface area contributed by atoms with Gasteiger partial charge in [0.2, 0.25) is 0 Å². The molecule has 1 aromatic heterocycles. The molecule has 0 amide bonds. The maximum atomic E-state index is 6.95. The Kier molecular flexibility index (Phi) is 9.09. The Bertz CT molecular complexity index is 3780. The lowest BCUT2D eigenvalue weighted by atomic mass is 9.68. The summed E-state index contributed by atoms with van der Waals surface area (Å²) in [6.07, 6.45) is 0. The highest BCUT2D eigenvalue weighted by Gasteiger charge is 2.46. The SMILES string of the molecule is CC(C)(C)c1cc(C(C)(C)C)c2oc3ccc4c(c3c2c1)-c1ccc(N(c2ccc(C3(c5ccccc5)c5ccccc5-c5ccccc53)cc2)c2ccc3c(c2)C(C)(C)c2ccccc2-3)cc1C4(C)C. The van der Waals surface area contributed by atoms with Crippen molar-refractivity contribution in [2.45, 2.75) is 96.3 Å². The Hall–Kier alpha value is -7.42. The van der Waals surface area contributed by atoms with Crippen LogP contribution in [0.5, 0.6) is 0 Å². The van der Waals surface area contributed by atoms with Crippen LogP contribution in [0.1, 0.15) is 125 Å². The fourth-order valence-electron chi connectivity index (χ4n) is 13.2. The minimum Gasteiger partial charge on any atom is -0.456 e. The van der Waals surface area contributed by atoms with E-state index in [1.807, 2.05) is 0 Å². The van der Waals surface area contributed by atoms with Gasteiger partial charge < -0.3 is 9.32 Å². The van der Waals surface area contributed by atoms with Gasteiger partial charge in [-0.15, -0.1) is 0 Å². The first-order valence-corrected chi connectivity index (χ1v) is 25.6. The molecular formula is C69H61NO. The van der Waals surface area contributed by atoms with E-state index in [9.17, 15) is 0 Å². The first-order chi connectivity index (χ1) is 34.0.